The molecule has 0 aromatic heterocycles. The molecule has 3 rings (SSSR count). The summed E-state index contributed by atoms with van der Waals surface area (Å²) in [4.78, 5) is 0. The van der Waals surface area contributed by atoms with Crippen molar-refractivity contribution >= 4 is 0 Å². The molecule has 0 spiro atoms. The van der Waals surface area contributed by atoms with Gasteiger partial charge in [-0.2, -0.15) is 0 Å². The van der Waals surface area contributed by atoms with Crippen LogP contribution in [0.4, 0.5) is 0 Å². The fourth-order valence-electron chi connectivity index (χ4n) is 4.77. The summed E-state index contributed by atoms with van der Waals surface area (Å²) < 4.78 is 0. The predicted octanol–water partition coefficient (Wildman–Crippen LogP) is 9.98. The van der Waals surface area contributed by atoms with E-state index in [1.54, 1.807) is 0 Å². The van der Waals surface area contributed by atoms with E-state index in [9.17, 15) is 0 Å². The summed E-state index contributed by atoms with van der Waals surface area (Å²) in [5.41, 5.74) is 9.98. The van der Waals surface area contributed by atoms with Crippen molar-refractivity contribution in [1.29, 1.82) is 0 Å². The molecule has 33 heavy (non-hydrogen) atoms. The molecule has 2 aromatic carbocycles. The summed E-state index contributed by atoms with van der Waals surface area (Å²) in [6.45, 7) is 26.4. The highest BCUT2D eigenvalue weighted by molar-refractivity contribution is 5.45. The average Bonchev–Trinajstić information content (AvgIpc) is 2.80. The van der Waals surface area contributed by atoms with Crippen LogP contribution in [0.25, 0.3) is 0 Å². The van der Waals surface area contributed by atoms with Gasteiger partial charge in [-0.1, -0.05) is 134 Å². The zero-order valence-corrected chi connectivity index (χ0v) is 23.7. The number of aryl methyl sites for hydroxylation is 4. The quantitative estimate of drug-likeness (QED) is 0.428. The first-order chi connectivity index (χ1) is 15.5. The molecule has 0 saturated carbocycles. The Labute approximate surface area is 206 Å². The Morgan fingerprint density at radius 3 is 1.73 bits per heavy atom. The van der Waals surface area contributed by atoms with Crippen molar-refractivity contribution in [2.45, 2.75) is 107 Å². The summed E-state index contributed by atoms with van der Waals surface area (Å²) in [6, 6.07) is 14.1. The van der Waals surface area contributed by atoms with Gasteiger partial charge in [-0.3, -0.25) is 0 Å². The van der Waals surface area contributed by atoms with Gasteiger partial charge in [-0.25, -0.2) is 0 Å². The van der Waals surface area contributed by atoms with Crippen LogP contribution in [0.1, 0.15) is 102 Å². The van der Waals surface area contributed by atoms with E-state index >= 15 is 0 Å². The van der Waals surface area contributed by atoms with Gasteiger partial charge in [0.1, 0.15) is 0 Å². The molecule has 0 heteroatoms. The molecule has 1 aliphatic rings. The Morgan fingerprint density at radius 2 is 1.24 bits per heavy atom. The molecule has 0 amide bonds. The predicted molar refractivity (Wildman–Crippen MR) is 151 cm³/mol. The number of allylic oxidation sites excluding steroid dienone is 4. The van der Waals surface area contributed by atoms with E-state index in [4.69, 9.17) is 0 Å². The Kier molecular flexibility index (Phi) is 10.9. The standard InChI is InChI=1S/C29H38.2C2H6/c1-9-23-15-22(4)18-27(19-23)29(7,8)25-12-10-24(11-13-25)28(5,6)26-16-20(2)14-21(3)17-26;2*1-2/h10-12,14-19,25H,9,13H2,1-8H3;2*1-2H3. The average molecular weight is 447 g/mol. The number of hydrogen-bond acceptors (Lipinski definition) is 0. The van der Waals surface area contributed by atoms with Crippen molar-refractivity contribution in [2.75, 3.05) is 0 Å². The van der Waals surface area contributed by atoms with Crippen LogP contribution in [0, 0.1) is 26.7 Å². The van der Waals surface area contributed by atoms with E-state index in [1.807, 2.05) is 27.7 Å². The zero-order valence-electron chi connectivity index (χ0n) is 23.7. The molecule has 1 aliphatic carbocycles. The third kappa shape index (κ3) is 6.95. The third-order valence-electron chi connectivity index (χ3n) is 6.98. The minimum atomic E-state index is 0.0289. The topological polar surface area (TPSA) is 0 Å². The number of hydrogen-bond donors (Lipinski definition) is 0. The van der Waals surface area contributed by atoms with Crippen LogP contribution in [-0.4, -0.2) is 0 Å². The van der Waals surface area contributed by atoms with Gasteiger partial charge in [0.25, 0.3) is 0 Å². The van der Waals surface area contributed by atoms with Gasteiger partial charge in [0.15, 0.2) is 0 Å². The summed E-state index contributed by atoms with van der Waals surface area (Å²) in [5.74, 6) is 0.521. The number of benzene rings is 2. The summed E-state index contributed by atoms with van der Waals surface area (Å²) in [7, 11) is 0. The Balaban J connectivity index is 0.00000129. The first kappa shape index (κ1) is 29.0. The third-order valence-corrected chi connectivity index (χ3v) is 6.98. The molecule has 0 saturated heterocycles. The first-order valence-electron chi connectivity index (χ1n) is 13.1. The number of rotatable bonds is 5. The summed E-state index contributed by atoms with van der Waals surface area (Å²) in [6.07, 6.45) is 9.54. The fraction of sp³-hybridized carbons (Fsp3) is 0.515. The largest absolute Gasteiger partial charge is 0.0799 e. The van der Waals surface area contributed by atoms with Crippen LogP contribution in [0.3, 0.4) is 0 Å². The van der Waals surface area contributed by atoms with E-state index in [2.05, 4.69) is 110 Å². The van der Waals surface area contributed by atoms with Crippen molar-refractivity contribution in [3.8, 4) is 0 Å². The molecule has 0 heterocycles. The van der Waals surface area contributed by atoms with Crippen LogP contribution < -0.4 is 0 Å². The minimum absolute atomic E-state index is 0.0289. The van der Waals surface area contributed by atoms with Gasteiger partial charge in [-0.05, 0) is 67.2 Å². The molecular weight excluding hydrogens is 396 g/mol. The molecule has 1 unspecified atom stereocenters. The second-order valence-corrected chi connectivity index (χ2v) is 10.1. The maximum atomic E-state index is 2.49. The van der Waals surface area contributed by atoms with E-state index in [-0.39, 0.29) is 10.8 Å². The van der Waals surface area contributed by atoms with Gasteiger partial charge in [0, 0.05) is 5.41 Å². The van der Waals surface area contributed by atoms with E-state index < -0.39 is 0 Å². The lowest BCUT2D eigenvalue weighted by atomic mass is 9.67. The fourth-order valence-corrected chi connectivity index (χ4v) is 4.77. The molecule has 0 radical (unpaired) electrons. The van der Waals surface area contributed by atoms with E-state index in [0.29, 0.717) is 5.92 Å². The second-order valence-electron chi connectivity index (χ2n) is 10.1. The SMILES string of the molecule is CC.CC.CCc1cc(C)cc(C(C)(C)C2C=CC(C(C)(C)c3cc(C)cc(C)c3)=CC2)c1. The molecule has 0 aliphatic heterocycles. The molecule has 0 bridgehead atoms. The first-order valence-corrected chi connectivity index (χ1v) is 13.1. The molecule has 0 nitrogen and oxygen atoms in total. The van der Waals surface area contributed by atoms with Crippen LogP contribution in [-0.2, 0) is 17.3 Å². The van der Waals surface area contributed by atoms with Crippen molar-refractivity contribution < 1.29 is 0 Å². The van der Waals surface area contributed by atoms with Crippen molar-refractivity contribution in [2.24, 2.45) is 5.92 Å². The van der Waals surface area contributed by atoms with Crippen LogP contribution >= 0.6 is 0 Å². The van der Waals surface area contributed by atoms with E-state index in [1.165, 1.54) is 39.0 Å². The van der Waals surface area contributed by atoms with Crippen LogP contribution in [0.15, 0.2) is 60.2 Å². The summed E-state index contributed by atoms with van der Waals surface area (Å²) in [5, 5.41) is 0. The molecule has 0 fully saturated rings. The molecule has 182 valence electrons. The second kappa shape index (κ2) is 12.4. The van der Waals surface area contributed by atoms with Crippen molar-refractivity contribution in [3.05, 3.63) is 93.6 Å². The van der Waals surface area contributed by atoms with Gasteiger partial charge in [-0.15, -0.1) is 0 Å². The highest BCUT2D eigenvalue weighted by Gasteiger charge is 2.33. The Hall–Kier alpha value is -2.08. The van der Waals surface area contributed by atoms with Gasteiger partial charge in [0.2, 0.25) is 0 Å². The van der Waals surface area contributed by atoms with Gasteiger partial charge >= 0.3 is 0 Å². The van der Waals surface area contributed by atoms with Crippen molar-refractivity contribution in [1.82, 2.24) is 0 Å². The molecular formula is C33H50. The smallest absolute Gasteiger partial charge is 0.0143 e. The van der Waals surface area contributed by atoms with Crippen LogP contribution in [0.5, 0.6) is 0 Å². The normalized spacial score (nSPS) is 15.6. The van der Waals surface area contributed by atoms with Gasteiger partial charge in [0.05, 0.1) is 0 Å². The van der Waals surface area contributed by atoms with Crippen molar-refractivity contribution in [3.63, 3.8) is 0 Å². The maximum Gasteiger partial charge on any atom is 0.0143 e. The minimum Gasteiger partial charge on any atom is -0.0799 e. The van der Waals surface area contributed by atoms with Crippen LogP contribution in [0.2, 0.25) is 0 Å². The Bertz CT molecular complexity index is 930. The Morgan fingerprint density at radius 1 is 0.727 bits per heavy atom. The summed E-state index contributed by atoms with van der Waals surface area (Å²) >= 11 is 0. The zero-order chi connectivity index (χ0) is 25.4. The lowest BCUT2D eigenvalue weighted by molar-refractivity contribution is 0.379. The molecule has 1 atom stereocenters. The maximum absolute atomic E-state index is 2.49. The van der Waals surface area contributed by atoms with E-state index in [0.717, 1.165) is 12.8 Å². The monoisotopic (exact) mass is 446 g/mol. The lowest BCUT2D eigenvalue weighted by Gasteiger charge is -2.37. The highest BCUT2D eigenvalue weighted by atomic mass is 14.4. The molecule has 2 aromatic rings. The lowest BCUT2D eigenvalue weighted by Crippen LogP contribution is -2.30. The highest BCUT2D eigenvalue weighted by Crippen LogP contribution is 2.42. The van der Waals surface area contributed by atoms with Gasteiger partial charge < -0.3 is 0 Å². The molecule has 0 N–H and O–H groups in total.